The fourth-order valence-electron chi connectivity index (χ4n) is 1.48. The van der Waals surface area contributed by atoms with E-state index in [9.17, 15) is 9.59 Å². The van der Waals surface area contributed by atoms with Crippen molar-refractivity contribution in [3.05, 3.63) is 28.8 Å². The van der Waals surface area contributed by atoms with E-state index < -0.39 is 6.03 Å². The second kappa shape index (κ2) is 4.02. The van der Waals surface area contributed by atoms with Crippen molar-refractivity contribution in [1.82, 2.24) is 10.2 Å². The van der Waals surface area contributed by atoms with Crippen LogP contribution in [-0.2, 0) is 11.3 Å². The topological polar surface area (TPSA) is 75.4 Å². The van der Waals surface area contributed by atoms with Gasteiger partial charge in [0.1, 0.15) is 0 Å². The monoisotopic (exact) mass is 239 g/mol. The van der Waals surface area contributed by atoms with E-state index in [1.807, 2.05) is 0 Å². The summed E-state index contributed by atoms with van der Waals surface area (Å²) in [5.74, 6) is -0.252. The van der Waals surface area contributed by atoms with E-state index >= 15 is 0 Å². The van der Waals surface area contributed by atoms with Crippen molar-refractivity contribution in [3.63, 3.8) is 0 Å². The van der Waals surface area contributed by atoms with Crippen LogP contribution < -0.4 is 11.1 Å². The average Bonchev–Trinajstić information content (AvgIpc) is 2.53. The Hall–Kier alpha value is -1.75. The van der Waals surface area contributed by atoms with Crippen molar-refractivity contribution in [3.8, 4) is 0 Å². The number of nitrogens with zero attached hydrogens (tertiary/aromatic N) is 1. The summed E-state index contributed by atoms with van der Waals surface area (Å²) in [4.78, 5) is 23.8. The minimum atomic E-state index is -0.391. The zero-order valence-corrected chi connectivity index (χ0v) is 9.12. The van der Waals surface area contributed by atoms with Gasteiger partial charge in [0, 0.05) is 10.7 Å². The van der Waals surface area contributed by atoms with Gasteiger partial charge in [-0.2, -0.15) is 0 Å². The van der Waals surface area contributed by atoms with E-state index in [0.29, 0.717) is 16.3 Å². The van der Waals surface area contributed by atoms with Crippen LogP contribution in [0.4, 0.5) is 10.5 Å². The normalized spacial score (nSPS) is 15.4. The molecule has 0 spiro atoms. The highest BCUT2D eigenvalue weighted by Crippen LogP contribution is 2.21. The number of carbonyl (C=O) groups excluding carboxylic acids is 2. The molecular weight excluding hydrogens is 230 g/mol. The highest BCUT2D eigenvalue weighted by Gasteiger charge is 2.28. The molecular formula is C10H10ClN3O2. The Balaban J connectivity index is 2.20. The van der Waals surface area contributed by atoms with Crippen LogP contribution in [0.5, 0.6) is 0 Å². The zero-order chi connectivity index (χ0) is 11.7. The number of nitrogens with one attached hydrogen (secondary N) is 1. The molecule has 1 saturated heterocycles. The smallest absolute Gasteiger partial charge is 0.324 e. The first-order valence-electron chi connectivity index (χ1n) is 4.70. The van der Waals surface area contributed by atoms with Gasteiger partial charge in [-0.25, -0.2) is 4.79 Å². The fraction of sp³-hybridized carbons (Fsp3) is 0.200. The summed E-state index contributed by atoms with van der Waals surface area (Å²) in [6.45, 7) is 0.217. The van der Waals surface area contributed by atoms with Crippen LogP contribution in [0.2, 0.25) is 5.02 Å². The van der Waals surface area contributed by atoms with Gasteiger partial charge >= 0.3 is 6.03 Å². The SMILES string of the molecule is Nc1ccc(CN2C(=O)CNC2=O)c(Cl)c1. The van der Waals surface area contributed by atoms with Crippen LogP contribution >= 0.6 is 11.6 Å². The van der Waals surface area contributed by atoms with Crippen LogP contribution in [0.1, 0.15) is 5.56 Å². The predicted octanol–water partition coefficient (Wildman–Crippen LogP) is 0.974. The van der Waals surface area contributed by atoms with Gasteiger partial charge in [-0.3, -0.25) is 9.69 Å². The maximum atomic E-state index is 11.3. The second-order valence-electron chi connectivity index (χ2n) is 3.49. The van der Waals surface area contributed by atoms with Crippen molar-refractivity contribution in [1.29, 1.82) is 0 Å². The molecule has 1 heterocycles. The van der Waals surface area contributed by atoms with Crippen molar-refractivity contribution in [2.24, 2.45) is 0 Å². The predicted molar refractivity (Wildman–Crippen MR) is 59.8 cm³/mol. The molecule has 2 rings (SSSR count). The molecule has 0 saturated carbocycles. The zero-order valence-electron chi connectivity index (χ0n) is 8.37. The van der Waals surface area contributed by atoms with Crippen LogP contribution in [0.3, 0.4) is 0 Å². The number of anilines is 1. The molecule has 1 aliphatic heterocycles. The maximum absolute atomic E-state index is 11.3. The van der Waals surface area contributed by atoms with Crippen LogP contribution in [0, 0.1) is 0 Å². The van der Waals surface area contributed by atoms with Gasteiger partial charge in [-0.15, -0.1) is 0 Å². The molecule has 1 fully saturated rings. The molecule has 3 amide bonds. The van der Waals surface area contributed by atoms with E-state index in [1.54, 1.807) is 18.2 Å². The largest absolute Gasteiger partial charge is 0.399 e. The molecule has 0 atom stereocenters. The Morgan fingerprint density at radius 3 is 2.75 bits per heavy atom. The molecule has 0 aromatic heterocycles. The van der Waals surface area contributed by atoms with Gasteiger partial charge in [0.05, 0.1) is 13.1 Å². The quantitative estimate of drug-likeness (QED) is 0.597. The summed E-state index contributed by atoms with van der Waals surface area (Å²) in [5.41, 5.74) is 6.79. The van der Waals surface area contributed by atoms with Crippen molar-refractivity contribution >= 4 is 29.2 Å². The van der Waals surface area contributed by atoms with E-state index in [4.69, 9.17) is 17.3 Å². The third-order valence-electron chi connectivity index (χ3n) is 2.34. The summed E-state index contributed by atoms with van der Waals surface area (Å²) in [7, 11) is 0. The summed E-state index contributed by atoms with van der Waals surface area (Å²) >= 11 is 5.95. The van der Waals surface area contributed by atoms with Crippen molar-refractivity contribution in [2.45, 2.75) is 6.54 Å². The molecule has 0 aliphatic carbocycles. The van der Waals surface area contributed by atoms with Crippen LogP contribution in [-0.4, -0.2) is 23.4 Å². The molecule has 5 nitrogen and oxygen atoms in total. The van der Waals surface area contributed by atoms with E-state index in [1.165, 1.54) is 0 Å². The van der Waals surface area contributed by atoms with Crippen LogP contribution in [0.15, 0.2) is 18.2 Å². The Kier molecular flexibility index (Phi) is 2.70. The molecule has 3 N–H and O–H groups in total. The Labute approximate surface area is 97.2 Å². The summed E-state index contributed by atoms with van der Waals surface area (Å²) in [6.07, 6.45) is 0. The maximum Gasteiger partial charge on any atom is 0.324 e. The number of carbonyl (C=O) groups is 2. The summed E-state index contributed by atoms with van der Waals surface area (Å²) < 4.78 is 0. The molecule has 1 aliphatic rings. The minimum absolute atomic E-state index is 0.0470. The molecule has 0 unspecified atom stereocenters. The third-order valence-corrected chi connectivity index (χ3v) is 2.69. The number of halogens is 1. The first-order valence-corrected chi connectivity index (χ1v) is 5.08. The number of rotatable bonds is 2. The van der Waals surface area contributed by atoms with Gasteiger partial charge in [-0.05, 0) is 17.7 Å². The minimum Gasteiger partial charge on any atom is -0.399 e. The standard InChI is InChI=1S/C10H10ClN3O2/c11-8-3-7(12)2-1-6(8)5-14-9(15)4-13-10(14)16/h1-3H,4-5,12H2,(H,13,16). The van der Waals surface area contributed by atoms with Gasteiger partial charge in [0.2, 0.25) is 5.91 Å². The number of hydrogen-bond acceptors (Lipinski definition) is 3. The van der Waals surface area contributed by atoms with E-state index in [-0.39, 0.29) is 19.0 Å². The fourth-order valence-corrected chi connectivity index (χ4v) is 1.73. The molecule has 16 heavy (non-hydrogen) atoms. The Morgan fingerprint density at radius 1 is 1.44 bits per heavy atom. The molecule has 84 valence electrons. The number of imide groups is 1. The van der Waals surface area contributed by atoms with Gasteiger partial charge in [-0.1, -0.05) is 17.7 Å². The lowest BCUT2D eigenvalue weighted by Crippen LogP contribution is -2.30. The number of nitrogens with two attached hydrogens (primary N) is 1. The van der Waals surface area contributed by atoms with E-state index in [0.717, 1.165) is 4.90 Å². The number of amides is 3. The summed E-state index contributed by atoms with van der Waals surface area (Å²) in [5, 5.41) is 2.89. The average molecular weight is 240 g/mol. The van der Waals surface area contributed by atoms with Gasteiger partial charge in [0.25, 0.3) is 0 Å². The van der Waals surface area contributed by atoms with E-state index in [2.05, 4.69) is 5.32 Å². The molecule has 0 bridgehead atoms. The molecule has 6 heteroatoms. The van der Waals surface area contributed by atoms with Gasteiger partial charge < -0.3 is 11.1 Å². The highest BCUT2D eigenvalue weighted by molar-refractivity contribution is 6.31. The Morgan fingerprint density at radius 2 is 2.19 bits per heavy atom. The first kappa shape index (κ1) is 10.8. The number of nitrogen functional groups attached to an aromatic ring is 1. The summed E-state index contributed by atoms with van der Waals surface area (Å²) in [6, 6.07) is 4.59. The molecule has 0 radical (unpaired) electrons. The third kappa shape index (κ3) is 1.94. The number of benzene rings is 1. The van der Waals surface area contributed by atoms with Crippen molar-refractivity contribution in [2.75, 3.05) is 12.3 Å². The Bertz CT molecular complexity index is 445. The van der Waals surface area contributed by atoms with Crippen LogP contribution in [0.25, 0.3) is 0 Å². The molecule has 1 aromatic rings. The number of hydrogen-bond donors (Lipinski definition) is 2. The molecule has 1 aromatic carbocycles. The van der Waals surface area contributed by atoms with Crippen molar-refractivity contribution < 1.29 is 9.59 Å². The van der Waals surface area contributed by atoms with Gasteiger partial charge in [0.15, 0.2) is 0 Å². The lowest BCUT2D eigenvalue weighted by molar-refractivity contribution is -0.125. The second-order valence-corrected chi connectivity index (χ2v) is 3.90. The highest BCUT2D eigenvalue weighted by atomic mass is 35.5. The first-order chi connectivity index (χ1) is 7.58. The lowest BCUT2D eigenvalue weighted by atomic mass is 10.2. The lowest BCUT2D eigenvalue weighted by Gasteiger charge is -2.13. The number of urea groups is 1.